The molecule has 10 heteroatoms. The molecule has 0 radical (unpaired) electrons. The van der Waals surface area contributed by atoms with Crippen LogP contribution in [0.4, 0.5) is 4.79 Å². The Hall–Kier alpha value is -2.00. The summed E-state index contributed by atoms with van der Waals surface area (Å²) in [5.74, 6) is 0.412. The molecule has 1 aliphatic rings. The molecule has 0 saturated carbocycles. The van der Waals surface area contributed by atoms with Crippen LogP contribution in [0.15, 0.2) is 41.3 Å². The number of methoxy groups -OCH3 is 1. The SMILES string of the molecule is COc1ccc(Cl)c(Cl)c1C1CCC(COS(=O)(=O)c2ccc(C)cc2)N1C(=O)O. The Balaban J connectivity index is 1.84. The number of benzene rings is 2. The highest BCUT2D eigenvalue weighted by Gasteiger charge is 2.41. The summed E-state index contributed by atoms with van der Waals surface area (Å²) in [6.45, 7) is 1.54. The lowest BCUT2D eigenvalue weighted by Gasteiger charge is -2.29. The number of hydrogen-bond donors (Lipinski definition) is 1. The van der Waals surface area contributed by atoms with Gasteiger partial charge in [-0.2, -0.15) is 8.42 Å². The summed E-state index contributed by atoms with van der Waals surface area (Å²) in [6.07, 6.45) is -0.398. The highest BCUT2D eigenvalue weighted by Crippen LogP contribution is 2.45. The van der Waals surface area contributed by atoms with Crippen LogP contribution in [-0.2, 0) is 14.3 Å². The lowest BCUT2D eigenvalue weighted by molar-refractivity contribution is 0.105. The first-order chi connectivity index (χ1) is 14.2. The van der Waals surface area contributed by atoms with Crippen LogP contribution >= 0.6 is 23.2 Å². The molecule has 2 aromatic carbocycles. The largest absolute Gasteiger partial charge is 0.496 e. The minimum Gasteiger partial charge on any atom is -0.496 e. The van der Waals surface area contributed by atoms with Crippen molar-refractivity contribution in [2.45, 2.75) is 36.7 Å². The molecule has 1 aliphatic heterocycles. The molecule has 2 atom stereocenters. The quantitative estimate of drug-likeness (QED) is 0.599. The van der Waals surface area contributed by atoms with E-state index in [2.05, 4.69) is 0 Å². The lowest BCUT2D eigenvalue weighted by atomic mass is 10.0. The number of carboxylic acid groups (broad SMARTS) is 1. The molecule has 0 spiro atoms. The van der Waals surface area contributed by atoms with Gasteiger partial charge in [0, 0.05) is 5.56 Å². The van der Waals surface area contributed by atoms with Crippen molar-refractivity contribution < 1.29 is 27.2 Å². The molecule has 1 fully saturated rings. The summed E-state index contributed by atoms with van der Waals surface area (Å²) in [5, 5.41) is 10.3. The van der Waals surface area contributed by atoms with Crippen molar-refractivity contribution in [3.8, 4) is 5.75 Å². The zero-order valence-electron chi connectivity index (χ0n) is 16.3. The first kappa shape index (κ1) is 22.7. The fraction of sp³-hybridized carbons (Fsp3) is 0.350. The van der Waals surface area contributed by atoms with Crippen molar-refractivity contribution in [1.82, 2.24) is 4.90 Å². The number of rotatable bonds is 6. The Morgan fingerprint density at radius 1 is 1.17 bits per heavy atom. The van der Waals surface area contributed by atoms with E-state index in [4.69, 9.17) is 32.1 Å². The Morgan fingerprint density at radius 2 is 1.83 bits per heavy atom. The van der Waals surface area contributed by atoms with Gasteiger partial charge >= 0.3 is 6.09 Å². The topological polar surface area (TPSA) is 93.1 Å². The summed E-state index contributed by atoms with van der Waals surface area (Å²) in [5.41, 5.74) is 1.37. The highest BCUT2D eigenvalue weighted by molar-refractivity contribution is 7.86. The first-order valence-corrected chi connectivity index (χ1v) is 11.3. The second-order valence-electron chi connectivity index (χ2n) is 6.97. The zero-order chi connectivity index (χ0) is 22.1. The number of halogens is 2. The molecule has 1 heterocycles. The Labute approximate surface area is 185 Å². The van der Waals surface area contributed by atoms with Crippen molar-refractivity contribution in [1.29, 1.82) is 0 Å². The van der Waals surface area contributed by atoms with Crippen LogP contribution in [0.3, 0.4) is 0 Å². The number of aryl methyl sites for hydroxylation is 1. The number of ether oxygens (including phenoxy) is 1. The molecule has 0 aliphatic carbocycles. The maximum absolute atomic E-state index is 12.5. The van der Waals surface area contributed by atoms with Crippen LogP contribution in [0.5, 0.6) is 5.75 Å². The zero-order valence-corrected chi connectivity index (χ0v) is 18.7. The molecule has 1 amide bonds. The number of hydrogen-bond acceptors (Lipinski definition) is 5. The summed E-state index contributed by atoms with van der Waals surface area (Å²) < 4.78 is 35.5. The van der Waals surface area contributed by atoms with Crippen LogP contribution in [0.25, 0.3) is 0 Å². The maximum atomic E-state index is 12.5. The number of amides is 1. The van der Waals surface area contributed by atoms with Gasteiger partial charge in [0.1, 0.15) is 5.75 Å². The van der Waals surface area contributed by atoms with Crippen LogP contribution in [0, 0.1) is 6.92 Å². The van der Waals surface area contributed by atoms with Gasteiger partial charge in [-0.15, -0.1) is 0 Å². The number of likely N-dealkylation sites (tertiary alicyclic amines) is 1. The Morgan fingerprint density at radius 3 is 2.43 bits per heavy atom. The molecular formula is C20H21Cl2NO6S. The summed E-state index contributed by atoms with van der Waals surface area (Å²) >= 11 is 12.5. The van der Waals surface area contributed by atoms with E-state index in [9.17, 15) is 18.3 Å². The van der Waals surface area contributed by atoms with E-state index in [1.54, 1.807) is 24.3 Å². The predicted octanol–water partition coefficient (Wildman–Crippen LogP) is 4.90. The van der Waals surface area contributed by atoms with E-state index < -0.39 is 28.3 Å². The minimum absolute atomic E-state index is 0.0177. The highest BCUT2D eigenvalue weighted by atomic mass is 35.5. The van der Waals surface area contributed by atoms with Gasteiger partial charge in [-0.1, -0.05) is 40.9 Å². The molecule has 162 valence electrons. The molecule has 1 N–H and O–H groups in total. The fourth-order valence-corrected chi connectivity index (χ4v) is 4.99. The van der Waals surface area contributed by atoms with E-state index in [1.165, 1.54) is 19.2 Å². The third-order valence-corrected chi connectivity index (χ3v) is 7.21. The monoisotopic (exact) mass is 473 g/mol. The van der Waals surface area contributed by atoms with Crippen molar-refractivity contribution in [3.63, 3.8) is 0 Å². The Kier molecular flexibility index (Phi) is 6.81. The van der Waals surface area contributed by atoms with Crippen molar-refractivity contribution >= 4 is 39.4 Å². The van der Waals surface area contributed by atoms with E-state index in [0.29, 0.717) is 24.2 Å². The van der Waals surface area contributed by atoms with E-state index >= 15 is 0 Å². The molecule has 3 rings (SSSR count). The molecule has 1 saturated heterocycles. The van der Waals surface area contributed by atoms with E-state index in [1.807, 2.05) is 6.92 Å². The normalized spacial score (nSPS) is 19.1. The standard InChI is InChI=1S/C20H21Cl2NO6S/c1-12-3-6-14(7-4-12)30(26,27)29-11-13-5-9-16(23(13)20(24)25)18-17(28-2)10-8-15(21)19(18)22/h3-4,6-8,10,13,16H,5,9,11H2,1-2H3,(H,24,25). The van der Waals surface area contributed by atoms with Gasteiger partial charge in [0.2, 0.25) is 0 Å². The molecular weight excluding hydrogens is 453 g/mol. The van der Waals surface area contributed by atoms with Gasteiger partial charge in [0.05, 0.1) is 40.7 Å². The van der Waals surface area contributed by atoms with Crippen molar-refractivity contribution in [2.24, 2.45) is 0 Å². The molecule has 0 bridgehead atoms. The van der Waals surface area contributed by atoms with Gasteiger partial charge < -0.3 is 9.84 Å². The third-order valence-electron chi connectivity index (χ3n) is 5.09. The fourth-order valence-electron chi connectivity index (χ4n) is 3.60. The molecule has 7 nitrogen and oxygen atoms in total. The van der Waals surface area contributed by atoms with Crippen LogP contribution in [0.1, 0.15) is 30.0 Å². The van der Waals surface area contributed by atoms with Gasteiger partial charge in [0.25, 0.3) is 10.1 Å². The number of nitrogens with zero attached hydrogens (tertiary/aromatic N) is 1. The molecule has 30 heavy (non-hydrogen) atoms. The average Bonchev–Trinajstić information content (AvgIpc) is 3.12. The van der Waals surface area contributed by atoms with Crippen LogP contribution in [0.2, 0.25) is 10.0 Å². The van der Waals surface area contributed by atoms with Gasteiger partial charge in [-0.05, 0) is 44.0 Å². The smallest absolute Gasteiger partial charge is 0.408 e. The first-order valence-electron chi connectivity index (χ1n) is 9.15. The average molecular weight is 474 g/mol. The maximum Gasteiger partial charge on any atom is 0.408 e. The van der Waals surface area contributed by atoms with Crippen molar-refractivity contribution in [3.05, 3.63) is 57.6 Å². The number of carbonyl (C=O) groups is 1. The molecule has 0 aromatic heterocycles. The van der Waals surface area contributed by atoms with Crippen LogP contribution < -0.4 is 4.74 Å². The van der Waals surface area contributed by atoms with Gasteiger partial charge in [-0.3, -0.25) is 9.08 Å². The molecule has 2 unspecified atom stereocenters. The summed E-state index contributed by atoms with van der Waals surface area (Å²) in [7, 11) is -2.56. The second kappa shape index (κ2) is 9.01. The van der Waals surface area contributed by atoms with Crippen molar-refractivity contribution in [2.75, 3.05) is 13.7 Å². The second-order valence-corrected chi connectivity index (χ2v) is 9.37. The van der Waals surface area contributed by atoms with Gasteiger partial charge in [-0.25, -0.2) is 4.79 Å². The van der Waals surface area contributed by atoms with Crippen LogP contribution in [-0.4, -0.2) is 44.3 Å². The Bertz CT molecular complexity index is 1040. The summed E-state index contributed by atoms with van der Waals surface area (Å²) in [6, 6.07) is 8.11. The van der Waals surface area contributed by atoms with Gasteiger partial charge in [0.15, 0.2) is 0 Å². The minimum atomic E-state index is -4.01. The van der Waals surface area contributed by atoms with E-state index in [0.717, 1.165) is 10.5 Å². The molecule has 2 aromatic rings. The lowest BCUT2D eigenvalue weighted by Crippen LogP contribution is -2.39. The van der Waals surface area contributed by atoms with E-state index in [-0.39, 0.29) is 21.5 Å². The summed E-state index contributed by atoms with van der Waals surface area (Å²) in [4.78, 5) is 13.2. The third kappa shape index (κ3) is 4.51. The predicted molar refractivity (Wildman–Crippen MR) is 113 cm³/mol.